The van der Waals surface area contributed by atoms with Crippen molar-refractivity contribution in [1.29, 1.82) is 0 Å². The number of piperazine rings is 1. The molecule has 0 spiro atoms. The normalized spacial score (nSPS) is 17.5. The number of aromatic nitrogens is 2. The SMILES string of the molecule is CN(Cc1ccncn1)C(=O)C[C@H]1C(=O)NCCN1Cc1ccccc1C(F)(F)F. The molecule has 0 bridgehead atoms. The summed E-state index contributed by atoms with van der Waals surface area (Å²) in [6.07, 6.45) is -1.68. The van der Waals surface area contributed by atoms with Crippen LogP contribution in [-0.2, 0) is 28.9 Å². The molecule has 0 unspecified atom stereocenters. The van der Waals surface area contributed by atoms with Crippen LogP contribution in [0.3, 0.4) is 0 Å². The molecule has 3 rings (SSSR count). The third-order valence-corrected chi connectivity index (χ3v) is 4.97. The highest BCUT2D eigenvalue weighted by Gasteiger charge is 2.36. The van der Waals surface area contributed by atoms with E-state index in [0.29, 0.717) is 18.8 Å². The fourth-order valence-electron chi connectivity index (χ4n) is 3.39. The van der Waals surface area contributed by atoms with Crippen LogP contribution in [0.2, 0.25) is 0 Å². The number of nitrogens with one attached hydrogen (secondary N) is 1. The molecule has 1 aliphatic rings. The van der Waals surface area contributed by atoms with Crippen LogP contribution in [0.5, 0.6) is 0 Å². The molecule has 160 valence electrons. The van der Waals surface area contributed by atoms with E-state index in [0.717, 1.165) is 6.07 Å². The van der Waals surface area contributed by atoms with Gasteiger partial charge < -0.3 is 10.2 Å². The van der Waals surface area contributed by atoms with Crippen LogP contribution in [-0.4, -0.2) is 57.8 Å². The largest absolute Gasteiger partial charge is 0.416 e. The van der Waals surface area contributed by atoms with E-state index in [4.69, 9.17) is 0 Å². The number of carbonyl (C=O) groups is 2. The van der Waals surface area contributed by atoms with E-state index in [1.54, 1.807) is 24.2 Å². The first kappa shape index (κ1) is 21.7. The van der Waals surface area contributed by atoms with E-state index in [2.05, 4.69) is 15.3 Å². The number of hydrogen-bond acceptors (Lipinski definition) is 5. The standard InChI is InChI=1S/C20H22F3N5O2/c1-27(12-15-6-7-24-13-26-15)18(29)10-17-19(30)25-8-9-28(17)11-14-4-2-3-5-16(14)20(21,22)23/h2-7,13,17H,8-12H2,1H3,(H,25,30)/t17-/m0/s1. The minimum Gasteiger partial charge on any atom is -0.353 e. The second-order valence-corrected chi connectivity index (χ2v) is 7.09. The van der Waals surface area contributed by atoms with Crippen LogP contribution >= 0.6 is 0 Å². The molecule has 30 heavy (non-hydrogen) atoms. The van der Waals surface area contributed by atoms with E-state index >= 15 is 0 Å². The summed E-state index contributed by atoms with van der Waals surface area (Å²) in [5.74, 6) is -0.667. The van der Waals surface area contributed by atoms with Crippen molar-refractivity contribution in [1.82, 2.24) is 25.1 Å². The van der Waals surface area contributed by atoms with Crippen molar-refractivity contribution < 1.29 is 22.8 Å². The van der Waals surface area contributed by atoms with Crippen LogP contribution in [0.25, 0.3) is 0 Å². The predicted octanol–water partition coefficient (Wildman–Crippen LogP) is 1.84. The topological polar surface area (TPSA) is 78.4 Å². The Kier molecular flexibility index (Phi) is 6.66. The molecule has 2 heterocycles. The maximum absolute atomic E-state index is 13.3. The fraction of sp³-hybridized carbons (Fsp3) is 0.400. The Morgan fingerprint density at radius 1 is 1.30 bits per heavy atom. The van der Waals surface area contributed by atoms with Gasteiger partial charge in [-0.25, -0.2) is 9.97 Å². The van der Waals surface area contributed by atoms with E-state index in [1.807, 2.05) is 0 Å². The van der Waals surface area contributed by atoms with Gasteiger partial charge in [-0.1, -0.05) is 18.2 Å². The van der Waals surface area contributed by atoms with Gasteiger partial charge in [0.25, 0.3) is 0 Å². The summed E-state index contributed by atoms with van der Waals surface area (Å²) < 4.78 is 40.0. The second-order valence-electron chi connectivity index (χ2n) is 7.09. The summed E-state index contributed by atoms with van der Waals surface area (Å²) in [5, 5.41) is 2.69. The van der Waals surface area contributed by atoms with Crippen LogP contribution < -0.4 is 5.32 Å². The molecular formula is C20H22F3N5O2. The van der Waals surface area contributed by atoms with Crippen LogP contribution in [0.4, 0.5) is 13.2 Å². The van der Waals surface area contributed by atoms with Gasteiger partial charge in [-0.15, -0.1) is 0 Å². The third kappa shape index (κ3) is 5.32. The van der Waals surface area contributed by atoms with Gasteiger partial charge in [-0.3, -0.25) is 14.5 Å². The summed E-state index contributed by atoms with van der Waals surface area (Å²) >= 11 is 0. The summed E-state index contributed by atoms with van der Waals surface area (Å²) in [6.45, 7) is 0.837. The molecule has 1 saturated heterocycles. The van der Waals surface area contributed by atoms with Gasteiger partial charge >= 0.3 is 6.18 Å². The number of carbonyl (C=O) groups excluding carboxylic acids is 2. The Labute approximate surface area is 171 Å². The summed E-state index contributed by atoms with van der Waals surface area (Å²) in [6, 6.07) is 6.12. The van der Waals surface area contributed by atoms with Gasteiger partial charge in [0.15, 0.2) is 0 Å². The Morgan fingerprint density at radius 3 is 2.77 bits per heavy atom. The summed E-state index contributed by atoms with van der Waals surface area (Å²) in [5.41, 5.74) is -0.0154. The fourth-order valence-corrected chi connectivity index (χ4v) is 3.39. The smallest absolute Gasteiger partial charge is 0.353 e. The van der Waals surface area contributed by atoms with Crippen molar-refractivity contribution >= 4 is 11.8 Å². The molecule has 0 saturated carbocycles. The zero-order valence-electron chi connectivity index (χ0n) is 16.4. The molecule has 7 nitrogen and oxygen atoms in total. The molecule has 2 aromatic rings. The zero-order chi connectivity index (χ0) is 21.7. The van der Waals surface area contributed by atoms with Crippen LogP contribution in [0.1, 0.15) is 23.2 Å². The maximum Gasteiger partial charge on any atom is 0.416 e. The number of benzene rings is 1. The molecule has 0 radical (unpaired) electrons. The average Bonchev–Trinajstić information content (AvgIpc) is 2.71. The first-order valence-electron chi connectivity index (χ1n) is 9.41. The third-order valence-electron chi connectivity index (χ3n) is 4.97. The number of amides is 2. The Balaban J connectivity index is 1.72. The van der Waals surface area contributed by atoms with Gasteiger partial charge in [0, 0.05) is 32.9 Å². The average molecular weight is 421 g/mol. The number of alkyl halides is 3. The summed E-state index contributed by atoms with van der Waals surface area (Å²) in [4.78, 5) is 36.1. The van der Waals surface area contributed by atoms with Crippen molar-refractivity contribution in [3.8, 4) is 0 Å². The highest BCUT2D eigenvalue weighted by atomic mass is 19.4. The lowest BCUT2D eigenvalue weighted by atomic mass is 10.0. The van der Waals surface area contributed by atoms with Crippen molar-refractivity contribution in [2.75, 3.05) is 20.1 Å². The van der Waals surface area contributed by atoms with Crippen LogP contribution in [0.15, 0.2) is 42.9 Å². The van der Waals surface area contributed by atoms with Crippen molar-refractivity contribution in [3.05, 3.63) is 59.7 Å². The highest BCUT2D eigenvalue weighted by Crippen LogP contribution is 2.32. The van der Waals surface area contributed by atoms with Gasteiger partial charge in [-0.2, -0.15) is 13.2 Å². The molecule has 1 aromatic heterocycles. The molecule has 1 atom stereocenters. The van der Waals surface area contributed by atoms with Gasteiger partial charge in [-0.05, 0) is 17.7 Å². The minimum atomic E-state index is -4.49. The molecule has 1 fully saturated rings. The van der Waals surface area contributed by atoms with Gasteiger partial charge in [0.05, 0.1) is 30.3 Å². The number of nitrogens with zero attached hydrogens (tertiary/aromatic N) is 4. The minimum absolute atomic E-state index is 0.0727. The lowest BCUT2D eigenvalue weighted by Crippen LogP contribution is -2.56. The van der Waals surface area contributed by atoms with Gasteiger partial charge in [0.2, 0.25) is 11.8 Å². The summed E-state index contributed by atoms with van der Waals surface area (Å²) in [7, 11) is 1.59. The van der Waals surface area contributed by atoms with Crippen molar-refractivity contribution in [2.24, 2.45) is 0 Å². The lowest BCUT2D eigenvalue weighted by Gasteiger charge is -2.35. The monoisotopic (exact) mass is 421 g/mol. The second kappa shape index (κ2) is 9.21. The number of halogens is 3. The quantitative estimate of drug-likeness (QED) is 0.770. The molecule has 1 aromatic carbocycles. The predicted molar refractivity (Wildman–Crippen MR) is 102 cm³/mol. The van der Waals surface area contributed by atoms with Gasteiger partial charge in [0.1, 0.15) is 6.33 Å². The molecular weight excluding hydrogens is 399 g/mol. The Morgan fingerprint density at radius 2 is 2.07 bits per heavy atom. The number of rotatable bonds is 6. The number of hydrogen-bond donors (Lipinski definition) is 1. The molecule has 2 amide bonds. The van der Waals surface area contributed by atoms with E-state index in [1.165, 1.54) is 29.4 Å². The van der Waals surface area contributed by atoms with Crippen LogP contribution in [0, 0.1) is 0 Å². The van der Waals surface area contributed by atoms with E-state index < -0.39 is 17.8 Å². The van der Waals surface area contributed by atoms with E-state index in [9.17, 15) is 22.8 Å². The van der Waals surface area contributed by atoms with Crippen molar-refractivity contribution in [2.45, 2.75) is 31.7 Å². The molecule has 10 heteroatoms. The van der Waals surface area contributed by atoms with Crippen molar-refractivity contribution in [3.63, 3.8) is 0 Å². The highest BCUT2D eigenvalue weighted by molar-refractivity contribution is 5.88. The Bertz CT molecular complexity index is 892. The molecule has 1 N–H and O–H groups in total. The first-order valence-corrected chi connectivity index (χ1v) is 9.41. The zero-order valence-corrected chi connectivity index (χ0v) is 16.4. The lowest BCUT2D eigenvalue weighted by molar-refractivity contribution is -0.140. The molecule has 1 aliphatic heterocycles. The molecule has 0 aliphatic carbocycles. The first-order chi connectivity index (χ1) is 14.3. The Hall–Kier alpha value is -3.01. The maximum atomic E-state index is 13.3. The van der Waals surface area contributed by atoms with E-state index in [-0.39, 0.29) is 36.9 Å².